The van der Waals surface area contributed by atoms with Gasteiger partial charge in [-0.2, -0.15) is 0 Å². The molecule has 0 radical (unpaired) electrons. The summed E-state index contributed by atoms with van der Waals surface area (Å²) in [5.41, 5.74) is 1.71. The van der Waals surface area contributed by atoms with Gasteiger partial charge in [-0.15, -0.1) is 0 Å². The van der Waals surface area contributed by atoms with E-state index in [4.69, 9.17) is 16.3 Å². The number of nitrogens with one attached hydrogen (secondary N) is 2. The molecular formula is C24H27ClN4O3. The second-order valence-electron chi connectivity index (χ2n) is 7.86. The highest BCUT2D eigenvalue weighted by Gasteiger charge is 2.23. The average molecular weight is 455 g/mol. The first-order valence-corrected chi connectivity index (χ1v) is 11.2. The van der Waals surface area contributed by atoms with Crippen LogP contribution in [0.3, 0.4) is 0 Å². The minimum absolute atomic E-state index is 0.167. The number of carbonyl (C=O) groups is 2. The van der Waals surface area contributed by atoms with Crippen molar-refractivity contribution in [2.75, 3.05) is 51.1 Å². The van der Waals surface area contributed by atoms with Gasteiger partial charge >= 0.3 is 0 Å². The predicted molar refractivity (Wildman–Crippen MR) is 126 cm³/mol. The van der Waals surface area contributed by atoms with Crippen LogP contribution in [0.25, 0.3) is 6.08 Å². The highest BCUT2D eigenvalue weighted by Crippen LogP contribution is 2.32. The Balaban J connectivity index is 1.34. The van der Waals surface area contributed by atoms with Crippen molar-refractivity contribution in [1.29, 1.82) is 0 Å². The third-order valence-corrected chi connectivity index (χ3v) is 5.94. The number of piperazine rings is 1. The Morgan fingerprint density at radius 3 is 2.69 bits per heavy atom. The zero-order valence-corrected chi connectivity index (χ0v) is 18.8. The summed E-state index contributed by atoms with van der Waals surface area (Å²) in [4.78, 5) is 29.8. The third-order valence-electron chi connectivity index (χ3n) is 5.71. The van der Waals surface area contributed by atoms with Gasteiger partial charge in [0.2, 0.25) is 0 Å². The van der Waals surface area contributed by atoms with E-state index in [-0.39, 0.29) is 17.6 Å². The number of carbonyl (C=O) groups excluding carboxylic acids is 2. The lowest BCUT2D eigenvalue weighted by atomic mass is 10.1. The Morgan fingerprint density at radius 1 is 1.16 bits per heavy atom. The van der Waals surface area contributed by atoms with E-state index >= 15 is 0 Å². The van der Waals surface area contributed by atoms with Crippen LogP contribution in [0.4, 0.5) is 5.69 Å². The molecule has 2 heterocycles. The maximum Gasteiger partial charge on any atom is 0.291 e. The van der Waals surface area contributed by atoms with E-state index in [1.165, 1.54) is 0 Å². The summed E-state index contributed by atoms with van der Waals surface area (Å²) in [7, 11) is 0. The first-order chi connectivity index (χ1) is 15.5. The summed E-state index contributed by atoms with van der Waals surface area (Å²) in [6.07, 6.45) is 1.63. The molecule has 0 saturated carbocycles. The molecule has 2 aromatic carbocycles. The molecule has 0 aromatic heterocycles. The van der Waals surface area contributed by atoms with Crippen molar-refractivity contribution >= 4 is 35.2 Å². The molecule has 0 bridgehead atoms. The van der Waals surface area contributed by atoms with Crippen LogP contribution >= 0.6 is 11.6 Å². The molecule has 0 atom stereocenters. The molecule has 2 aromatic rings. The van der Waals surface area contributed by atoms with Crippen molar-refractivity contribution in [3.05, 3.63) is 64.4 Å². The van der Waals surface area contributed by atoms with Gasteiger partial charge in [0.15, 0.2) is 11.5 Å². The summed E-state index contributed by atoms with van der Waals surface area (Å²) in [5.74, 6) is 0.110. The first kappa shape index (κ1) is 22.3. The number of anilines is 1. The van der Waals surface area contributed by atoms with Crippen molar-refractivity contribution in [3.8, 4) is 5.75 Å². The van der Waals surface area contributed by atoms with Crippen LogP contribution in [0.2, 0.25) is 5.02 Å². The highest BCUT2D eigenvalue weighted by molar-refractivity contribution is 6.30. The number of hydrogen-bond donors (Lipinski definition) is 2. The largest absolute Gasteiger partial charge is 0.449 e. The predicted octanol–water partition coefficient (Wildman–Crippen LogP) is 3.08. The van der Waals surface area contributed by atoms with Crippen LogP contribution < -0.4 is 15.4 Å². The van der Waals surface area contributed by atoms with Gasteiger partial charge in [0.1, 0.15) is 0 Å². The van der Waals surface area contributed by atoms with Gasteiger partial charge in [0.05, 0.1) is 5.69 Å². The second-order valence-corrected chi connectivity index (χ2v) is 8.30. The molecule has 168 valence electrons. The van der Waals surface area contributed by atoms with E-state index in [0.717, 1.165) is 44.8 Å². The molecule has 0 spiro atoms. The lowest BCUT2D eigenvalue weighted by Crippen LogP contribution is -2.48. The summed E-state index contributed by atoms with van der Waals surface area (Å²) >= 11 is 6.01. The minimum Gasteiger partial charge on any atom is -0.449 e. The quantitative estimate of drug-likeness (QED) is 0.656. The van der Waals surface area contributed by atoms with Crippen LogP contribution in [0.15, 0.2) is 48.2 Å². The standard InChI is InChI=1S/C24H27ClN4O3/c1-2-28-10-12-29(13-11-28)9-8-26-23(30)18-6-7-21-20(16-18)27-24(31)22(32-21)15-17-4-3-5-19(25)14-17/h3-7,14-16H,2,8-13H2,1H3,(H,26,30)(H,27,31)/b22-15-. The maximum absolute atomic E-state index is 12.6. The Labute approximate surface area is 193 Å². The fourth-order valence-electron chi connectivity index (χ4n) is 3.81. The van der Waals surface area contributed by atoms with Crippen molar-refractivity contribution in [2.45, 2.75) is 6.92 Å². The molecule has 8 heteroatoms. The van der Waals surface area contributed by atoms with E-state index in [1.54, 1.807) is 42.5 Å². The topological polar surface area (TPSA) is 73.9 Å². The summed E-state index contributed by atoms with van der Waals surface area (Å²) in [6, 6.07) is 12.2. The monoisotopic (exact) mass is 454 g/mol. The van der Waals surface area contributed by atoms with E-state index in [0.29, 0.717) is 28.6 Å². The lowest BCUT2D eigenvalue weighted by molar-refractivity contribution is -0.115. The highest BCUT2D eigenvalue weighted by atomic mass is 35.5. The van der Waals surface area contributed by atoms with Gasteiger partial charge in [-0.05, 0) is 48.5 Å². The third kappa shape index (κ3) is 5.48. The molecule has 0 unspecified atom stereocenters. The number of rotatable bonds is 6. The number of ether oxygens (including phenoxy) is 1. The summed E-state index contributed by atoms with van der Waals surface area (Å²) in [6.45, 7) is 8.86. The van der Waals surface area contributed by atoms with Crippen molar-refractivity contribution in [3.63, 3.8) is 0 Å². The van der Waals surface area contributed by atoms with Crippen LogP contribution in [0.1, 0.15) is 22.8 Å². The molecule has 2 aliphatic heterocycles. The second kappa shape index (κ2) is 10.2. The summed E-state index contributed by atoms with van der Waals surface area (Å²) < 4.78 is 5.76. The Kier molecular flexibility index (Phi) is 7.09. The molecule has 7 nitrogen and oxygen atoms in total. The van der Waals surface area contributed by atoms with Crippen molar-refractivity contribution in [1.82, 2.24) is 15.1 Å². The van der Waals surface area contributed by atoms with Gasteiger partial charge in [-0.25, -0.2) is 0 Å². The number of amides is 2. The van der Waals surface area contributed by atoms with Crippen molar-refractivity contribution < 1.29 is 14.3 Å². The van der Waals surface area contributed by atoms with Gasteiger partial charge < -0.3 is 20.3 Å². The van der Waals surface area contributed by atoms with E-state index in [2.05, 4.69) is 27.4 Å². The molecule has 4 rings (SSSR count). The smallest absolute Gasteiger partial charge is 0.291 e. The number of benzene rings is 2. The van der Waals surface area contributed by atoms with E-state index in [9.17, 15) is 9.59 Å². The molecule has 1 saturated heterocycles. The van der Waals surface area contributed by atoms with Gasteiger partial charge in [0, 0.05) is 49.9 Å². The van der Waals surface area contributed by atoms with Crippen LogP contribution in [0.5, 0.6) is 5.75 Å². The van der Waals surface area contributed by atoms with E-state index in [1.807, 2.05) is 6.07 Å². The average Bonchev–Trinajstić information content (AvgIpc) is 2.79. The minimum atomic E-state index is -0.374. The zero-order valence-electron chi connectivity index (χ0n) is 18.1. The fraction of sp³-hybridized carbons (Fsp3) is 0.333. The molecular weight excluding hydrogens is 428 g/mol. The summed E-state index contributed by atoms with van der Waals surface area (Å²) in [5, 5.41) is 6.34. The SMILES string of the molecule is CCN1CCN(CCNC(=O)c2ccc3c(c2)NC(=O)/C(=C/c2cccc(Cl)c2)O3)CC1. The molecule has 1 fully saturated rings. The Morgan fingerprint density at radius 2 is 1.94 bits per heavy atom. The molecule has 32 heavy (non-hydrogen) atoms. The number of fused-ring (bicyclic) bond motifs is 1. The number of halogens is 1. The molecule has 2 N–H and O–H groups in total. The Hall–Kier alpha value is -2.87. The van der Waals surface area contributed by atoms with Gasteiger partial charge in [-0.1, -0.05) is 30.7 Å². The van der Waals surface area contributed by atoms with Gasteiger partial charge in [-0.3, -0.25) is 14.5 Å². The van der Waals surface area contributed by atoms with Crippen LogP contribution in [-0.2, 0) is 4.79 Å². The number of hydrogen-bond acceptors (Lipinski definition) is 5. The fourth-order valence-corrected chi connectivity index (χ4v) is 4.01. The zero-order chi connectivity index (χ0) is 22.5. The molecule has 2 amide bonds. The number of nitrogens with zero attached hydrogens (tertiary/aromatic N) is 2. The van der Waals surface area contributed by atoms with E-state index < -0.39 is 0 Å². The molecule has 2 aliphatic rings. The normalized spacial score (nSPS) is 18.1. The lowest BCUT2D eigenvalue weighted by Gasteiger charge is -2.33. The van der Waals surface area contributed by atoms with Crippen LogP contribution in [0, 0.1) is 0 Å². The number of likely N-dealkylation sites (N-methyl/N-ethyl adjacent to an activating group) is 1. The molecule has 0 aliphatic carbocycles. The Bertz CT molecular complexity index is 1030. The van der Waals surface area contributed by atoms with Crippen LogP contribution in [-0.4, -0.2) is 67.4 Å². The first-order valence-electron chi connectivity index (χ1n) is 10.9. The van der Waals surface area contributed by atoms with Gasteiger partial charge in [0.25, 0.3) is 11.8 Å². The van der Waals surface area contributed by atoms with Crippen molar-refractivity contribution in [2.24, 2.45) is 0 Å². The maximum atomic E-state index is 12.6.